The first-order valence-corrected chi connectivity index (χ1v) is 9.76. The number of halogens is 1. The molecular formula is C20H18ClN3O3S. The molecule has 144 valence electrons. The van der Waals surface area contributed by atoms with Gasteiger partial charge in [-0.25, -0.2) is 4.98 Å². The van der Waals surface area contributed by atoms with E-state index in [2.05, 4.69) is 15.6 Å². The molecule has 0 saturated carbocycles. The predicted octanol–water partition coefficient (Wildman–Crippen LogP) is 5.09. The van der Waals surface area contributed by atoms with Gasteiger partial charge in [0.25, 0.3) is 11.8 Å². The quantitative estimate of drug-likeness (QED) is 0.587. The van der Waals surface area contributed by atoms with Crippen LogP contribution in [0.4, 0.5) is 11.4 Å². The summed E-state index contributed by atoms with van der Waals surface area (Å²) in [6.07, 6.45) is 1.35. The smallest absolute Gasteiger partial charge is 0.265 e. The van der Waals surface area contributed by atoms with Gasteiger partial charge in [0.2, 0.25) is 5.88 Å². The van der Waals surface area contributed by atoms with Crippen LogP contribution in [-0.4, -0.2) is 22.9 Å². The third kappa shape index (κ3) is 5.09. The molecule has 0 saturated heterocycles. The number of amides is 2. The second kappa shape index (κ2) is 8.86. The van der Waals surface area contributed by atoms with Crippen LogP contribution in [0.15, 0.2) is 54.0 Å². The monoisotopic (exact) mass is 415 g/mol. The van der Waals surface area contributed by atoms with Crippen molar-refractivity contribution >= 4 is 46.1 Å². The van der Waals surface area contributed by atoms with Gasteiger partial charge in [-0.3, -0.25) is 9.59 Å². The molecule has 0 fully saturated rings. The number of anilines is 2. The number of nitrogens with zero attached hydrogens (tertiary/aromatic N) is 1. The molecule has 2 heterocycles. The van der Waals surface area contributed by atoms with Crippen molar-refractivity contribution < 1.29 is 14.3 Å². The molecule has 0 atom stereocenters. The Bertz CT molecular complexity index is 973. The van der Waals surface area contributed by atoms with Crippen LogP contribution in [0.2, 0.25) is 5.02 Å². The molecule has 3 aromatic rings. The number of hydrogen-bond donors (Lipinski definition) is 2. The van der Waals surface area contributed by atoms with E-state index in [4.69, 9.17) is 16.3 Å². The molecule has 0 bridgehead atoms. The SMILES string of the molecule is CC(C)Oc1ncc(C(=O)Nc2ccc(NC(=O)c3cccs3)cc2)cc1Cl. The van der Waals surface area contributed by atoms with Crippen LogP contribution in [0.25, 0.3) is 0 Å². The van der Waals surface area contributed by atoms with Crippen LogP contribution in [0.5, 0.6) is 5.88 Å². The van der Waals surface area contributed by atoms with Gasteiger partial charge in [0.1, 0.15) is 5.02 Å². The number of aromatic nitrogens is 1. The largest absolute Gasteiger partial charge is 0.474 e. The minimum atomic E-state index is -0.346. The fourth-order valence-corrected chi connectivity index (χ4v) is 3.13. The van der Waals surface area contributed by atoms with Crippen LogP contribution >= 0.6 is 22.9 Å². The van der Waals surface area contributed by atoms with E-state index in [0.717, 1.165) is 0 Å². The third-order valence-electron chi connectivity index (χ3n) is 3.56. The first-order chi connectivity index (χ1) is 13.4. The molecule has 2 N–H and O–H groups in total. The van der Waals surface area contributed by atoms with Crippen molar-refractivity contribution in [1.82, 2.24) is 4.98 Å². The van der Waals surface area contributed by atoms with Crippen molar-refractivity contribution in [2.45, 2.75) is 20.0 Å². The first-order valence-electron chi connectivity index (χ1n) is 8.51. The second-order valence-electron chi connectivity index (χ2n) is 6.14. The second-order valence-corrected chi connectivity index (χ2v) is 7.50. The Morgan fingerprint density at radius 3 is 2.25 bits per heavy atom. The van der Waals surface area contributed by atoms with Crippen LogP contribution in [0.1, 0.15) is 33.9 Å². The van der Waals surface area contributed by atoms with E-state index in [1.165, 1.54) is 23.6 Å². The Kier molecular flexibility index (Phi) is 6.28. The number of rotatable bonds is 6. The molecule has 0 unspecified atom stereocenters. The van der Waals surface area contributed by atoms with Crippen LogP contribution in [-0.2, 0) is 0 Å². The number of carbonyl (C=O) groups excluding carboxylic acids is 2. The maximum atomic E-state index is 12.4. The zero-order valence-corrected chi connectivity index (χ0v) is 16.8. The van der Waals surface area contributed by atoms with Gasteiger partial charge in [-0.2, -0.15) is 0 Å². The Morgan fingerprint density at radius 1 is 1.07 bits per heavy atom. The molecule has 2 amide bonds. The van der Waals surface area contributed by atoms with Gasteiger partial charge in [-0.05, 0) is 55.6 Å². The molecule has 1 aromatic carbocycles. The molecular weight excluding hydrogens is 398 g/mol. The summed E-state index contributed by atoms with van der Waals surface area (Å²) < 4.78 is 5.46. The molecule has 8 heteroatoms. The Morgan fingerprint density at radius 2 is 1.71 bits per heavy atom. The van der Waals surface area contributed by atoms with Crippen LogP contribution < -0.4 is 15.4 Å². The normalized spacial score (nSPS) is 10.6. The lowest BCUT2D eigenvalue weighted by atomic mass is 10.2. The van der Waals surface area contributed by atoms with Gasteiger partial charge in [0.15, 0.2) is 0 Å². The number of benzene rings is 1. The van der Waals surface area contributed by atoms with E-state index in [0.29, 0.717) is 27.7 Å². The molecule has 3 rings (SSSR count). The summed E-state index contributed by atoms with van der Waals surface area (Å²) in [5, 5.41) is 7.68. The first kappa shape index (κ1) is 19.9. The molecule has 6 nitrogen and oxygen atoms in total. The summed E-state index contributed by atoms with van der Waals surface area (Å²) in [4.78, 5) is 29.2. The number of carbonyl (C=O) groups is 2. The van der Waals surface area contributed by atoms with Crippen molar-refractivity contribution in [1.29, 1.82) is 0 Å². The van der Waals surface area contributed by atoms with E-state index >= 15 is 0 Å². The highest BCUT2D eigenvalue weighted by Gasteiger charge is 2.12. The van der Waals surface area contributed by atoms with E-state index in [1.54, 1.807) is 30.3 Å². The van der Waals surface area contributed by atoms with E-state index in [-0.39, 0.29) is 22.9 Å². The molecule has 2 aromatic heterocycles. The standard InChI is InChI=1S/C20H18ClN3O3S/c1-12(2)27-20-16(21)10-13(11-22-20)18(25)23-14-5-7-15(8-6-14)24-19(26)17-4-3-9-28-17/h3-12H,1-2H3,(H,23,25)(H,24,26). The Hall–Kier alpha value is -2.90. The molecule has 0 radical (unpaired) electrons. The van der Waals surface area contributed by atoms with Gasteiger partial charge < -0.3 is 15.4 Å². The van der Waals surface area contributed by atoms with Crippen LogP contribution in [0, 0.1) is 0 Å². The fraction of sp³-hybridized carbons (Fsp3) is 0.150. The molecule has 0 spiro atoms. The topological polar surface area (TPSA) is 80.3 Å². The maximum Gasteiger partial charge on any atom is 0.265 e. The van der Waals surface area contributed by atoms with Crippen molar-refractivity contribution in [2.75, 3.05) is 10.6 Å². The number of nitrogens with one attached hydrogen (secondary N) is 2. The highest BCUT2D eigenvalue weighted by Crippen LogP contribution is 2.24. The zero-order valence-electron chi connectivity index (χ0n) is 15.2. The van der Waals surface area contributed by atoms with Gasteiger partial charge in [0, 0.05) is 17.6 Å². The average molecular weight is 416 g/mol. The lowest BCUT2D eigenvalue weighted by Crippen LogP contribution is -2.14. The minimum absolute atomic E-state index is 0.0662. The lowest BCUT2D eigenvalue weighted by Gasteiger charge is -2.11. The molecule has 0 aliphatic heterocycles. The van der Waals surface area contributed by atoms with Gasteiger partial charge in [-0.15, -0.1) is 11.3 Å². The van der Waals surface area contributed by atoms with Gasteiger partial charge in [-0.1, -0.05) is 17.7 Å². The summed E-state index contributed by atoms with van der Waals surface area (Å²) >= 11 is 7.50. The van der Waals surface area contributed by atoms with Gasteiger partial charge in [0.05, 0.1) is 16.5 Å². The van der Waals surface area contributed by atoms with Crippen molar-refractivity contribution in [2.24, 2.45) is 0 Å². The summed E-state index contributed by atoms with van der Waals surface area (Å²) in [7, 11) is 0. The highest BCUT2D eigenvalue weighted by molar-refractivity contribution is 7.12. The number of hydrogen-bond acceptors (Lipinski definition) is 5. The Labute approximate surface area is 171 Å². The summed E-state index contributed by atoms with van der Waals surface area (Å²) in [5.74, 6) is -0.226. The van der Waals surface area contributed by atoms with E-state index < -0.39 is 0 Å². The molecule has 0 aliphatic rings. The van der Waals surface area contributed by atoms with Crippen molar-refractivity contribution in [3.8, 4) is 5.88 Å². The highest BCUT2D eigenvalue weighted by atomic mass is 35.5. The van der Waals surface area contributed by atoms with E-state index in [9.17, 15) is 9.59 Å². The summed E-state index contributed by atoms with van der Waals surface area (Å²) in [5.41, 5.74) is 1.53. The van der Waals surface area contributed by atoms with Gasteiger partial charge >= 0.3 is 0 Å². The fourth-order valence-electron chi connectivity index (χ4n) is 2.30. The average Bonchev–Trinajstić information content (AvgIpc) is 3.19. The van der Waals surface area contributed by atoms with Crippen molar-refractivity contribution in [3.05, 3.63) is 69.5 Å². The number of pyridine rings is 1. The minimum Gasteiger partial charge on any atom is -0.474 e. The summed E-state index contributed by atoms with van der Waals surface area (Å²) in [6, 6.07) is 11.9. The third-order valence-corrected chi connectivity index (χ3v) is 4.70. The Balaban J connectivity index is 1.63. The molecule has 28 heavy (non-hydrogen) atoms. The number of ether oxygens (including phenoxy) is 1. The predicted molar refractivity (Wildman–Crippen MR) is 112 cm³/mol. The van der Waals surface area contributed by atoms with Crippen LogP contribution in [0.3, 0.4) is 0 Å². The zero-order chi connectivity index (χ0) is 20.1. The maximum absolute atomic E-state index is 12.4. The lowest BCUT2D eigenvalue weighted by molar-refractivity contribution is 0.101. The molecule has 0 aliphatic carbocycles. The summed E-state index contributed by atoms with van der Waals surface area (Å²) in [6.45, 7) is 3.73. The van der Waals surface area contributed by atoms with Crippen molar-refractivity contribution in [3.63, 3.8) is 0 Å². The number of thiophene rings is 1. The van der Waals surface area contributed by atoms with E-state index in [1.807, 2.05) is 25.3 Å².